The van der Waals surface area contributed by atoms with Crippen molar-refractivity contribution in [3.63, 3.8) is 0 Å². The van der Waals surface area contributed by atoms with Crippen LogP contribution in [0.1, 0.15) is 31.0 Å². The van der Waals surface area contributed by atoms with E-state index in [1.54, 1.807) is 6.07 Å². The summed E-state index contributed by atoms with van der Waals surface area (Å²) < 4.78 is 13.2. The van der Waals surface area contributed by atoms with Crippen LogP contribution in [0.25, 0.3) is 10.9 Å². The van der Waals surface area contributed by atoms with E-state index < -0.39 is 0 Å². The number of aryl methyl sites for hydroxylation is 1. The molecule has 0 aliphatic heterocycles. The minimum atomic E-state index is -0.278. The second kappa shape index (κ2) is 3.74. The summed E-state index contributed by atoms with van der Waals surface area (Å²) in [6.07, 6.45) is 0. The minimum absolute atomic E-state index is 0.278. The number of rotatable bonds is 1. The molecular formula is C13H15FN2. The van der Waals surface area contributed by atoms with Crippen molar-refractivity contribution in [3.8, 4) is 0 Å². The van der Waals surface area contributed by atoms with E-state index in [4.69, 9.17) is 5.73 Å². The van der Waals surface area contributed by atoms with Crippen LogP contribution in [0.3, 0.4) is 0 Å². The zero-order chi connectivity index (χ0) is 11.9. The lowest BCUT2D eigenvalue weighted by molar-refractivity contribution is 0.629. The lowest BCUT2D eigenvalue weighted by atomic mass is 9.97. The van der Waals surface area contributed by atoms with E-state index in [0.717, 1.165) is 16.8 Å². The SMILES string of the molecule is Cc1nc2ccc(F)cc2c(N)c1C(C)C. The molecule has 1 aromatic heterocycles. The van der Waals surface area contributed by atoms with Gasteiger partial charge in [0.1, 0.15) is 5.82 Å². The molecule has 0 aliphatic carbocycles. The van der Waals surface area contributed by atoms with Crippen molar-refractivity contribution in [1.82, 2.24) is 4.98 Å². The lowest BCUT2D eigenvalue weighted by Crippen LogP contribution is -2.03. The molecule has 0 saturated heterocycles. The Kier molecular flexibility index (Phi) is 2.54. The molecule has 0 aliphatic rings. The van der Waals surface area contributed by atoms with Gasteiger partial charge in [-0.3, -0.25) is 4.98 Å². The molecule has 0 saturated carbocycles. The van der Waals surface area contributed by atoms with Gasteiger partial charge in [0.05, 0.1) is 5.52 Å². The van der Waals surface area contributed by atoms with Crippen LogP contribution in [-0.4, -0.2) is 4.98 Å². The summed E-state index contributed by atoms with van der Waals surface area (Å²) in [5, 5.41) is 0.703. The van der Waals surface area contributed by atoms with Gasteiger partial charge in [0.2, 0.25) is 0 Å². The number of fused-ring (bicyclic) bond motifs is 1. The summed E-state index contributed by atoms with van der Waals surface area (Å²) in [5.74, 6) is 0.0136. The topological polar surface area (TPSA) is 38.9 Å². The maximum atomic E-state index is 13.2. The Morgan fingerprint density at radius 2 is 2.00 bits per heavy atom. The number of nitrogens with two attached hydrogens (primary N) is 1. The molecule has 1 heterocycles. The Morgan fingerprint density at radius 1 is 1.31 bits per heavy atom. The van der Waals surface area contributed by atoms with Gasteiger partial charge in [-0.15, -0.1) is 0 Å². The van der Waals surface area contributed by atoms with Gasteiger partial charge in [-0.1, -0.05) is 13.8 Å². The van der Waals surface area contributed by atoms with Crippen LogP contribution in [-0.2, 0) is 0 Å². The summed E-state index contributed by atoms with van der Waals surface area (Å²) >= 11 is 0. The van der Waals surface area contributed by atoms with E-state index in [2.05, 4.69) is 18.8 Å². The van der Waals surface area contributed by atoms with Gasteiger partial charge in [0.15, 0.2) is 0 Å². The number of benzene rings is 1. The molecule has 1 aromatic carbocycles. The van der Waals surface area contributed by atoms with Gasteiger partial charge >= 0.3 is 0 Å². The highest BCUT2D eigenvalue weighted by atomic mass is 19.1. The zero-order valence-corrected chi connectivity index (χ0v) is 9.71. The average molecular weight is 218 g/mol. The lowest BCUT2D eigenvalue weighted by Gasteiger charge is -2.14. The van der Waals surface area contributed by atoms with Crippen molar-refractivity contribution in [3.05, 3.63) is 35.3 Å². The fraction of sp³-hybridized carbons (Fsp3) is 0.308. The molecule has 0 atom stereocenters. The minimum Gasteiger partial charge on any atom is -0.398 e. The molecular weight excluding hydrogens is 203 g/mol. The van der Waals surface area contributed by atoms with E-state index in [-0.39, 0.29) is 5.82 Å². The van der Waals surface area contributed by atoms with Crippen molar-refractivity contribution < 1.29 is 4.39 Å². The molecule has 2 aromatic rings. The molecule has 0 unspecified atom stereocenters. The third kappa shape index (κ3) is 1.62. The highest BCUT2D eigenvalue weighted by molar-refractivity contribution is 5.92. The molecule has 0 amide bonds. The summed E-state index contributed by atoms with van der Waals surface area (Å²) in [7, 11) is 0. The average Bonchev–Trinajstić information content (AvgIpc) is 2.19. The number of aromatic nitrogens is 1. The van der Waals surface area contributed by atoms with Crippen LogP contribution < -0.4 is 5.73 Å². The predicted molar refractivity (Wildman–Crippen MR) is 64.9 cm³/mol. The van der Waals surface area contributed by atoms with Gasteiger partial charge in [0.25, 0.3) is 0 Å². The molecule has 16 heavy (non-hydrogen) atoms. The van der Waals surface area contributed by atoms with Crippen molar-refractivity contribution in [2.75, 3.05) is 5.73 Å². The highest BCUT2D eigenvalue weighted by Gasteiger charge is 2.13. The molecule has 2 N–H and O–H groups in total. The van der Waals surface area contributed by atoms with Crippen LogP contribution in [0.2, 0.25) is 0 Å². The first-order chi connectivity index (χ1) is 7.50. The van der Waals surface area contributed by atoms with E-state index in [1.807, 2.05) is 6.92 Å². The van der Waals surface area contributed by atoms with Crippen molar-refractivity contribution in [1.29, 1.82) is 0 Å². The molecule has 2 nitrogen and oxygen atoms in total. The van der Waals surface area contributed by atoms with Gasteiger partial charge in [-0.25, -0.2) is 4.39 Å². The van der Waals surface area contributed by atoms with E-state index >= 15 is 0 Å². The normalized spacial score (nSPS) is 11.3. The van der Waals surface area contributed by atoms with Crippen LogP contribution in [0.5, 0.6) is 0 Å². The summed E-state index contributed by atoms with van der Waals surface area (Å²) in [6, 6.07) is 4.52. The van der Waals surface area contributed by atoms with Crippen LogP contribution in [0.15, 0.2) is 18.2 Å². The molecule has 84 valence electrons. The Bertz CT molecular complexity index is 547. The molecule has 0 radical (unpaired) electrons. The predicted octanol–water partition coefficient (Wildman–Crippen LogP) is 3.39. The monoisotopic (exact) mass is 218 g/mol. The Hall–Kier alpha value is -1.64. The number of hydrogen-bond acceptors (Lipinski definition) is 2. The Morgan fingerprint density at radius 3 is 2.62 bits per heavy atom. The largest absolute Gasteiger partial charge is 0.398 e. The third-order valence-corrected chi connectivity index (χ3v) is 2.79. The summed E-state index contributed by atoms with van der Waals surface area (Å²) in [4.78, 5) is 4.45. The van der Waals surface area contributed by atoms with Crippen LogP contribution in [0, 0.1) is 12.7 Å². The maximum Gasteiger partial charge on any atom is 0.124 e. The third-order valence-electron chi connectivity index (χ3n) is 2.79. The Labute approximate surface area is 94.3 Å². The number of nitrogen functional groups attached to an aromatic ring is 1. The zero-order valence-electron chi connectivity index (χ0n) is 9.71. The van der Waals surface area contributed by atoms with Crippen molar-refractivity contribution in [2.24, 2.45) is 0 Å². The standard InChI is InChI=1S/C13H15FN2/c1-7(2)12-8(3)16-11-5-4-9(14)6-10(11)13(12)15/h4-7H,1-3H3,(H2,15,16). The first kappa shape index (κ1) is 10.9. The molecule has 0 spiro atoms. The van der Waals surface area contributed by atoms with Gasteiger partial charge in [-0.2, -0.15) is 0 Å². The second-order valence-corrected chi connectivity index (χ2v) is 4.34. The smallest absolute Gasteiger partial charge is 0.124 e. The molecule has 0 fully saturated rings. The van der Waals surface area contributed by atoms with Crippen LogP contribution in [0.4, 0.5) is 10.1 Å². The van der Waals surface area contributed by atoms with Crippen molar-refractivity contribution in [2.45, 2.75) is 26.7 Å². The quantitative estimate of drug-likeness (QED) is 0.796. The van der Waals surface area contributed by atoms with Gasteiger partial charge < -0.3 is 5.73 Å². The summed E-state index contributed by atoms with van der Waals surface area (Å²) in [6.45, 7) is 6.06. The van der Waals surface area contributed by atoms with E-state index in [9.17, 15) is 4.39 Å². The first-order valence-corrected chi connectivity index (χ1v) is 5.36. The number of pyridine rings is 1. The molecule has 3 heteroatoms. The molecule has 2 rings (SSSR count). The van der Waals surface area contributed by atoms with Gasteiger partial charge in [0, 0.05) is 16.8 Å². The fourth-order valence-corrected chi connectivity index (χ4v) is 2.13. The second-order valence-electron chi connectivity index (χ2n) is 4.34. The van der Waals surface area contributed by atoms with Crippen LogP contribution >= 0.6 is 0 Å². The first-order valence-electron chi connectivity index (χ1n) is 5.36. The van der Waals surface area contributed by atoms with E-state index in [1.165, 1.54) is 12.1 Å². The number of hydrogen-bond donors (Lipinski definition) is 1. The number of anilines is 1. The fourth-order valence-electron chi connectivity index (χ4n) is 2.13. The maximum absolute atomic E-state index is 13.2. The molecule has 0 bridgehead atoms. The number of halogens is 1. The number of nitrogens with zero attached hydrogens (tertiary/aromatic N) is 1. The Balaban J connectivity index is 2.85. The summed E-state index contributed by atoms with van der Waals surface area (Å²) in [5.41, 5.74) is 9.42. The van der Waals surface area contributed by atoms with Gasteiger partial charge in [-0.05, 0) is 36.6 Å². The van der Waals surface area contributed by atoms with Crippen molar-refractivity contribution >= 4 is 16.6 Å². The van der Waals surface area contributed by atoms with E-state index in [0.29, 0.717) is 17.0 Å². The highest BCUT2D eigenvalue weighted by Crippen LogP contribution is 2.31.